The second-order valence-corrected chi connectivity index (χ2v) is 3.60. The highest BCUT2D eigenvalue weighted by atomic mass is 16.4. The predicted molar refractivity (Wildman–Crippen MR) is 67.6 cm³/mol. The summed E-state index contributed by atoms with van der Waals surface area (Å²) in [6.07, 6.45) is 5.88. The normalized spacial score (nSPS) is 8.17. The van der Waals surface area contributed by atoms with Crippen LogP contribution in [0.25, 0.3) is 0 Å². The van der Waals surface area contributed by atoms with Gasteiger partial charge in [-0.2, -0.15) is 0 Å². The van der Waals surface area contributed by atoms with Crippen LogP contribution in [0, 0.1) is 0 Å². The number of carbonyl (C=O) groups is 3. The van der Waals surface area contributed by atoms with Crippen molar-refractivity contribution >= 4 is 17.9 Å². The molecule has 6 heteroatoms. The zero-order valence-corrected chi connectivity index (χ0v) is 11.3. The van der Waals surface area contributed by atoms with Crippen molar-refractivity contribution in [2.75, 3.05) is 0 Å². The molecule has 0 rings (SSSR count). The highest BCUT2D eigenvalue weighted by Crippen LogP contribution is 2.04. The molecule has 0 saturated heterocycles. The predicted octanol–water partition coefficient (Wildman–Crippen LogP) is 2.61. The second-order valence-electron chi connectivity index (χ2n) is 3.60. The van der Waals surface area contributed by atoms with Crippen molar-refractivity contribution < 1.29 is 29.7 Å². The third-order valence-corrected chi connectivity index (χ3v) is 1.49. The Labute approximate surface area is 108 Å². The Morgan fingerprint density at radius 2 is 1.11 bits per heavy atom. The Morgan fingerprint density at radius 1 is 0.778 bits per heavy atom. The number of aliphatic carboxylic acids is 3. The molecule has 0 unspecified atom stereocenters. The van der Waals surface area contributed by atoms with E-state index in [1.54, 1.807) is 0 Å². The van der Waals surface area contributed by atoms with Gasteiger partial charge in [-0.15, -0.1) is 0 Å². The summed E-state index contributed by atoms with van der Waals surface area (Å²) >= 11 is 0. The average molecular weight is 264 g/mol. The zero-order valence-electron chi connectivity index (χ0n) is 11.3. The Balaban J connectivity index is -0.000000233. The lowest BCUT2D eigenvalue weighted by Crippen LogP contribution is -1.93. The minimum Gasteiger partial charge on any atom is -0.481 e. The first-order chi connectivity index (χ1) is 8.23. The summed E-state index contributed by atoms with van der Waals surface area (Å²) in [7, 11) is 0. The van der Waals surface area contributed by atoms with Crippen molar-refractivity contribution in [3.05, 3.63) is 0 Å². The van der Waals surface area contributed by atoms with Crippen LogP contribution in [0.2, 0.25) is 0 Å². The van der Waals surface area contributed by atoms with Gasteiger partial charge in [-0.05, 0) is 6.42 Å². The first-order valence-electron chi connectivity index (χ1n) is 5.84. The molecule has 0 saturated carbocycles. The highest BCUT2D eigenvalue weighted by molar-refractivity contribution is 5.66. The molecule has 0 aliphatic heterocycles. The zero-order chi connectivity index (χ0) is 15.0. The van der Waals surface area contributed by atoms with E-state index in [0.717, 1.165) is 26.7 Å². The molecule has 6 nitrogen and oxygen atoms in total. The van der Waals surface area contributed by atoms with Crippen LogP contribution in [0.15, 0.2) is 0 Å². The fourth-order valence-corrected chi connectivity index (χ4v) is 0.880. The van der Waals surface area contributed by atoms with Crippen LogP contribution in [-0.4, -0.2) is 33.2 Å². The van der Waals surface area contributed by atoms with Gasteiger partial charge < -0.3 is 15.3 Å². The number of hydrogen-bond donors (Lipinski definition) is 3. The summed E-state index contributed by atoms with van der Waals surface area (Å²) in [5.41, 5.74) is 0. The highest BCUT2D eigenvalue weighted by Gasteiger charge is 1.94. The van der Waals surface area contributed by atoms with Gasteiger partial charge in [0.25, 0.3) is 11.9 Å². The molecule has 0 aliphatic rings. The lowest BCUT2D eigenvalue weighted by molar-refractivity contribution is -0.137. The monoisotopic (exact) mass is 264 g/mol. The van der Waals surface area contributed by atoms with Crippen LogP contribution in [0.5, 0.6) is 0 Å². The van der Waals surface area contributed by atoms with Crippen LogP contribution in [0.1, 0.15) is 59.3 Å². The van der Waals surface area contributed by atoms with Gasteiger partial charge in [0.1, 0.15) is 0 Å². The Kier molecular flexibility index (Phi) is 21.4. The van der Waals surface area contributed by atoms with Crippen molar-refractivity contribution in [3.63, 3.8) is 0 Å². The fraction of sp³-hybridized carbons (Fsp3) is 0.750. The van der Waals surface area contributed by atoms with Crippen molar-refractivity contribution in [2.24, 2.45) is 0 Å². The third kappa shape index (κ3) is 88.5. The van der Waals surface area contributed by atoms with Gasteiger partial charge >= 0.3 is 5.97 Å². The second kappa shape index (κ2) is 17.8. The molecule has 0 spiro atoms. The van der Waals surface area contributed by atoms with E-state index >= 15 is 0 Å². The number of unbranched alkanes of at least 4 members (excludes halogenated alkanes) is 4. The third-order valence-electron chi connectivity index (χ3n) is 1.49. The maximum absolute atomic E-state index is 10.0. The van der Waals surface area contributed by atoms with Crippen LogP contribution in [0.4, 0.5) is 0 Å². The van der Waals surface area contributed by atoms with Crippen LogP contribution in [-0.2, 0) is 14.4 Å². The first-order valence-corrected chi connectivity index (χ1v) is 5.84. The van der Waals surface area contributed by atoms with E-state index in [1.807, 2.05) is 0 Å². The summed E-state index contributed by atoms with van der Waals surface area (Å²) in [5, 5.41) is 23.1. The largest absolute Gasteiger partial charge is 0.481 e. The molecule has 0 aromatic rings. The van der Waals surface area contributed by atoms with Crippen molar-refractivity contribution in [1.29, 1.82) is 0 Å². The quantitative estimate of drug-likeness (QED) is 0.636. The topological polar surface area (TPSA) is 112 Å². The Hall–Kier alpha value is -1.59. The van der Waals surface area contributed by atoms with E-state index in [9.17, 15) is 4.79 Å². The van der Waals surface area contributed by atoms with Crippen molar-refractivity contribution in [3.8, 4) is 0 Å². The minimum atomic E-state index is -0.833. The fourth-order valence-electron chi connectivity index (χ4n) is 0.880. The molecule has 0 bridgehead atoms. The van der Waals surface area contributed by atoms with Crippen molar-refractivity contribution in [2.45, 2.75) is 59.3 Å². The van der Waals surface area contributed by atoms with Gasteiger partial charge in [-0.25, -0.2) is 0 Å². The number of rotatable bonds is 6. The first kappa shape index (κ1) is 21.7. The molecular formula is C12H24O6. The molecule has 0 radical (unpaired) electrons. The SMILES string of the molecule is CC(=O)O.CC(=O)O.CCCCCCCC(=O)O. The van der Waals surface area contributed by atoms with Crippen LogP contribution >= 0.6 is 0 Å². The molecule has 0 fully saturated rings. The maximum Gasteiger partial charge on any atom is 0.303 e. The standard InChI is InChI=1S/C8H16O2.2C2H4O2/c1-2-3-4-5-6-7-8(9)10;2*1-2(3)4/h2-7H2,1H3,(H,9,10);2*1H3,(H,3,4). The van der Waals surface area contributed by atoms with E-state index in [1.165, 1.54) is 19.3 Å². The number of carboxylic acid groups (broad SMARTS) is 3. The van der Waals surface area contributed by atoms with Gasteiger partial charge in [-0.1, -0.05) is 32.6 Å². The molecule has 0 atom stereocenters. The summed E-state index contributed by atoms with van der Waals surface area (Å²) < 4.78 is 0. The Bertz CT molecular complexity index is 205. The van der Waals surface area contributed by atoms with Gasteiger partial charge in [0.05, 0.1) is 0 Å². The Morgan fingerprint density at radius 3 is 1.39 bits per heavy atom. The average Bonchev–Trinajstić information content (AvgIpc) is 2.15. The van der Waals surface area contributed by atoms with Crippen molar-refractivity contribution in [1.82, 2.24) is 0 Å². The van der Waals surface area contributed by atoms with Gasteiger partial charge in [0.2, 0.25) is 0 Å². The van der Waals surface area contributed by atoms with E-state index in [0.29, 0.717) is 6.42 Å². The molecule has 0 heterocycles. The van der Waals surface area contributed by atoms with E-state index < -0.39 is 17.9 Å². The van der Waals surface area contributed by atoms with E-state index in [-0.39, 0.29) is 0 Å². The number of hydrogen-bond acceptors (Lipinski definition) is 3. The summed E-state index contributed by atoms with van der Waals surface area (Å²) in [6, 6.07) is 0. The lowest BCUT2D eigenvalue weighted by atomic mass is 10.1. The van der Waals surface area contributed by atoms with E-state index in [4.69, 9.17) is 24.9 Å². The molecule has 0 aromatic heterocycles. The lowest BCUT2D eigenvalue weighted by Gasteiger charge is -1.95. The van der Waals surface area contributed by atoms with E-state index in [2.05, 4.69) is 6.92 Å². The smallest absolute Gasteiger partial charge is 0.303 e. The summed E-state index contributed by atoms with van der Waals surface area (Å²) in [6.45, 7) is 4.32. The molecular weight excluding hydrogens is 240 g/mol. The van der Waals surface area contributed by atoms with Gasteiger partial charge in [-0.3, -0.25) is 14.4 Å². The molecule has 18 heavy (non-hydrogen) atoms. The van der Waals surface area contributed by atoms with Gasteiger partial charge in [0.15, 0.2) is 0 Å². The van der Waals surface area contributed by atoms with Gasteiger partial charge in [0, 0.05) is 20.3 Å². The molecule has 3 N–H and O–H groups in total. The molecule has 0 aromatic carbocycles. The van der Waals surface area contributed by atoms with Crippen LogP contribution in [0.3, 0.4) is 0 Å². The molecule has 108 valence electrons. The summed E-state index contributed by atoms with van der Waals surface area (Å²) in [5.74, 6) is -2.34. The maximum atomic E-state index is 10.0. The number of carboxylic acids is 3. The summed E-state index contributed by atoms with van der Waals surface area (Å²) in [4.78, 5) is 28.0. The molecule has 0 amide bonds. The molecule has 0 aliphatic carbocycles. The van der Waals surface area contributed by atoms with Crippen LogP contribution < -0.4 is 0 Å². The minimum absolute atomic E-state index is 0.337.